The number of benzene rings is 2. The zero-order chi connectivity index (χ0) is 22.6. The van der Waals surface area contributed by atoms with Gasteiger partial charge in [-0.2, -0.15) is 0 Å². The Kier molecular flexibility index (Phi) is 9.22. The molecule has 164 valence electrons. The molecule has 0 heterocycles. The molecule has 8 nitrogen and oxygen atoms in total. The van der Waals surface area contributed by atoms with Crippen LogP contribution in [0.1, 0.15) is 46.0 Å². The topological polar surface area (TPSA) is 111 Å². The molecule has 0 aliphatic carbocycles. The van der Waals surface area contributed by atoms with Gasteiger partial charge >= 0.3 is 11.9 Å². The van der Waals surface area contributed by atoms with Crippen LogP contribution in [-0.4, -0.2) is 43.5 Å². The van der Waals surface area contributed by atoms with E-state index in [1.807, 2.05) is 19.9 Å². The lowest BCUT2D eigenvalue weighted by Gasteiger charge is -2.09. The molecule has 8 heteroatoms. The number of hydrogen-bond donors (Lipinski definition) is 2. The molecule has 0 saturated heterocycles. The third kappa shape index (κ3) is 8.30. The van der Waals surface area contributed by atoms with E-state index in [0.29, 0.717) is 23.4 Å². The van der Waals surface area contributed by atoms with Gasteiger partial charge in [-0.1, -0.05) is 31.0 Å². The third-order valence-electron chi connectivity index (χ3n) is 4.17. The molecule has 0 aliphatic rings. The first-order valence-corrected chi connectivity index (χ1v) is 9.96. The van der Waals surface area contributed by atoms with Gasteiger partial charge in [-0.25, -0.2) is 4.79 Å². The van der Waals surface area contributed by atoms with Gasteiger partial charge in [0.25, 0.3) is 11.8 Å². The fourth-order valence-corrected chi connectivity index (χ4v) is 2.52. The zero-order valence-electron chi connectivity index (χ0n) is 17.6. The Hall–Kier alpha value is -3.68. The van der Waals surface area contributed by atoms with Gasteiger partial charge in [0.15, 0.2) is 6.61 Å². The molecule has 0 fully saturated rings. The maximum absolute atomic E-state index is 12.0. The summed E-state index contributed by atoms with van der Waals surface area (Å²) in [5, 5.41) is 5.00. The number of esters is 2. The molecule has 2 aromatic carbocycles. The molecule has 2 aromatic rings. The highest BCUT2D eigenvalue weighted by atomic mass is 16.5. The van der Waals surface area contributed by atoms with Gasteiger partial charge < -0.3 is 20.1 Å². The second-order valence-electron chi connectivity index (χ2n) is 6.83. The number of hydrogen-bond acceptors (Lipinski definition) is 6. The van der Waals surface area contributed by atoms with Gasteiger partial charge in [0.2, 0.25) is 0 Å². The highest BCUT2D eigenvalue weighted by Crippen LogP contribution is 2.11. The fraction of sp³-hybridized carbons (Fsp3) is 0.304. The minimum absolute atomic E-state index is 0.352. The number of nitrogens with one attached hydrogen (secondary N) is 2. The zero-order valence-corrected chi connectivity index (χ0v) is 17.6. The van der Waals surface area contributed by atoms with Crippen molar-refractivity contribution in [2.45, 2.75) is 26.7 Å². The molecule has 0 unspecified atom stereocenters. The average Bonchev–Trinajstić information content (AvgIpc) is 2.76. The summed E-state index contributed by atoms with van der Waals surface area (Å²) < 4.78 is 9.98. The summed E-state index contributed by atoms with van der Waals surface area (Å²) in [5.41, 5.74) is 2.18. The van der Waals surface area contributed by atoms with Crippen molar-refractivity contribution in [1.29, 1.82) is 0 Å². The normalized spacial score (nSPS) is 10.1. The van der Waals surface area contributed by atoms with Crippen LogP contribution in [0.5, 0.6) is 0 Å². The summed E-state index contributed by atoms with van der Waals surface area (Å²) in [6.45, 7) is 3.38. The minimum Gasteiger partial charge on any atom is -0.462 e. The van der Waals surface area contributed by atoms with Crippen LogP contribution >= 0.6 is 0 Å². The lowest BCUT2D eigenvalue weighted by Crippen LogP contribution is -2.32. The SMILES string of the molecule is CCCCOC(=O)c1ccc(NC(=O)COC(=O)CNC(=O)c2cccc(C)c2)cc1. The van der Waals surface area contributed by atoms with Crippen LogP contribution in [0, 0.1) is 6.92 Å². The molecule has 0 aromatic heterocycles. The molecule has 0 atom stereocenters. The van der Waals surface area contributed by atoms with E-state index in [4.69, 9.17) is 9.47 Å². The number of amides is 2. The van der Waals surface area contributed by atoms with Gasteiger partial charge in [-0.15, -0.1) is 0 Å². The molecule has 2 N–H and O–H groups in total. The summed E-state index contributed by atoms with van der Waals surface area (Å²) in [7, 11) is 0. The maximum atomic E-state index is 12.0. The van der Waals surface area contributed by atoms with Gasteiger partial charge in [-0.05, 0) is 49.7 Å². The van der Waals surface area contributed by atoms with Crippen LogP contribution < -0.4 is 10.6 Å². The molecule has 2 amide bonds. The number of carbonyl (C=O) groups excluding carboxylic acids is 4. The van der Waals surface area contributed by atoms with Crippen molar-refractivity contribution < 1.29 is 28.7 Å². The molecule has 0 radical (unpaired) electrons. The Morgan fingerprint density at radius 1 is 0.935 bits per heavy atom. The van der Waals surface area contributed by atoms with Crippen LogP contribution in [0.2, 0.25) is 0 Å². The number of ether oxygens (including phenoxy) is 2. The van der Waals surface area contributed by atoms with Crippen molar-refractivity contribution in [2.24, 2.45) is 0 Å². The van der Waals surface area contributed by atoms with E-state index in [-0.39, 0.29) is 6.54 Å². The first-order valence-electron chi connectivity index (χ1n) is 9.96. The summed E-state index contributed by atoms with van der Waals surface area (Å²) in [6.07, 6.45) is 1.73. The van der Waals surface area contributed by atoms with Crippen LogP contribution in [-0.2, 0) is 19.1 Å². The second-order valence-corrected chi connectivity index (χ2v) is 6.83. The first-order chi connectivity index (χ1) is 14.9. The highest BCUT2D eigenvalue weighted by molar-refractivity contribution is 5.97. The Balaban J connectivity index is 1.71. The Bertz CT molecular complexity index is 924. The van der Waals surface area contributed by atoms with Crippen molar-refractivity contribution in [1.82, 2.24) is 5.32 Å². The van der Waals surface area contributed by atoms with E-state index in [2.05, 4.69) is 10.6 Å². The quantitative estimate of drug-likeness (QED) is 0.446. The summed E-state index contributed by atoms with van der Waals surface area (Å²) in [6, 6.07) is 13.1. The van der Waals surface area contributed by atoms with E-state index >= 15 is 0 Å². The third-order valence-corrected chi connectivity index (χ3v) is 4.17. The minimum atomic E-state index is -0.735. The molecule has 0 bridgehead atoms. The largest absolute Gasteiger partial charge is 0.462 e. The number of aryl methyl sites for hydroxylation is 1. The summed E-state index contributed by atoms with van der Waals surface area (Å²) in [4.78, 5) is 47.6. The lowest BCUT2D eigenvalue weighted by atomic mass is 10.1. The van der Waals surface area contributed by atoms with Crippen LogP contribution in [0.15, 0.2) is 48.5 Å². The lowest BCUT2D eigenvalue weighted by molar-refractivity contribution is -0.146. The Morgan fingerprint density at radius 3 is 2.35 bits per heavy atom. The van der Waals surface area contributed by atoms with E-state index < -0.39 is 30.4 Å². The number of rotatable bonds is 10. The second kappa shape index (κ2) is 12.1. The van der Waals surface area contributed by atoms with E-state index in [9.17, 15) is 19.2 Å². The van der Waals surface area contributed by atoms with Crippen molar-refractivity contribution in [3.05, 3.63) is 65.2 Å². The van der Waals surface area contributed by atoms with Crippen LogP contribution in [0.25, 0.3) is 0 Å². The number of unbranched alkanes of at least 4 members (excludes halogenated alkanes) is 1. The first kappa shape index (κ1) is 23.6. The van der Waals surface area contributed by atoms with Gasteiger partial charge in [0.1, 0.15) is 6.54 Å². The van der Waals surface area contributed by atoms with Gasteiger partial charge in [-0.3, -0.25) is 14.4 Å². The highest BCUT2D eigenvalue weighted by Gasteiger charge is 2.12. The molecule has 0 aliphatic heterocycles. The molecule has 0 spiro atoms. The maximum Gasteiger partial charge on any atom is 0.338 e. The Morgan fingerprint density at radius 2 is 1.68 bits per heavy atom. The van der Waals surface area contributed by atoms with E-state index in [1.54, 1.807) is 30.3 Å². The smallest absolute Gasteiger partial charge is 0.338 e. The van der Waals surface area contributed by atoms with Crippen molar-refractivity contribution in [3.63, 3.8) is 0 Å². The Labute approximate surface area is 180 Å². The standard InChI is InChI=1S/C23H26N2O6/c1-3-4-12-30-23(29)17-8-10-19(11-9-17)25-20(26)15-31-21(27)14-24-22(28)18-7-5-6-16(2)13-18/h5-11,13H,3-4,12,14-15H2,1-2H3,(H,24,28)(H,25,26). The van der Waals surface area contributed by atoms with Gasteiger partial charge in [0, 0.05) is 11.3 Å². The van der Waals surface area contributed by atoms with Gasteiger partial charge in [0.05, 0.1) is 12.2 Å². The van der Waals surface area contributed by atoms with Crippen molar-refractivity contribution in [2.75, 3.05) is 25.1 Å². The van der Waals surface area contributed by atoms with Crippen molar-refractivity contribution >= 4 is 29.4 Å². The monoisotopic (exact) mass is 426 g/mol. The van der Waals surface area contributed by atoms with E-state index in [0.717, 1.165) is 18.4 Å². The molecule has 2 rings (SSSR count). The predicted octanol–water partition coefficient (Wildman–Crippen LogP) is 2.86. The van der Waals surface area contributed by atoms with Crippen molar-refractivity contribution in [3.8, 4) is 0 Å². The van der Waals surface area contributed by atoms with Crippen LogP contribution in [0.3, 0.4) is 0 Å². The predicted molar refractivity (Wildman–Crippen MR) is 115 cm³/mol. The average molecular weight is 426 g/mol. The number of anilines is 1. The fourth-order valence-electron chi connectivity index (χ4n) is 2.52. The van der Waals surface area contributed by atoms with E-state index in [1.165, 1.54) is 12.1 Å². The summed E-state index contributed by atoms with van der Waals surface area (Å²) >= 11 is 0. The molecule has 0 saturated carbocycles. The molecule has 31 heavy (non-hydrogen) atoms. The number of carbonyl (C=O) groups is 4. The summed E-state index contributed by atoms with van der Waals surface area (Å²) in [5.74, 6) is -2.11. The molecular formula is C23H26N2O6. The molecular weight excluding hydrogens is 400 g/mol. The van der Waals surface area contributed by atoms with Crippen LogP contribution in [0.4, 0.5) is 5.69 Å².